The van der Waals surface area contributed by atoms with Crippen molar-refractivity contribution in [2.24, 2.45) is 0 Å². The minimum absolute atomic E-state index is 0.208. The molecule has 0 aliphatic carbocycles. The first-order valence-corrected chi connectivity index (χ1v) is 6.04. The van der Waals surface area contributed by atoms with Crippen LogP contribution in [-0.4, -0.2) is 13.0 Å². The SMILES string of the molecule is CNC(=O)c1ccc(-c2ccc(C(C)C)cc2)o1. The summed E-state index contributed by atoms with van der Waals surface area (Å²) in [6.45, 7) is 4.32. The van der Waals surface area contributed by atoms with E-state index in [-0.39, 0.29) is 5.91 Å². The van der Waals surface area contributed by atoms with Crippen LogP contribution in [0.2, 0.25) is 0 Å². The zero-order valence-electron chi connectivity index (χ0n) is 10.9. The normalized spacial score (nSPS) is 10.7. The number of benzene rings is 1. The average Bonchev–Trinajstić information content (AvgIpc) is 2.87. The van der Waals surface area contributed by atoms with Crippen LogP contribution in [-0.2, 0) is 0 Å². The molecule has 94 valence electrons. The van der Waals surface area contributed by atoms with Gasteiger partial charge in [0.15, 0.2) is 5.76 Å². The molecule has 18 heavy (non-hydrogen) atoms. The summed E-state index contributed by atoms with van der Waals surface area (Å²) in [5.41, 5.74) is 2.27. The van der Waals surface area contributed by atoms with Gasteiger partial charge in [0.2, 0.25) is 0 Å². The molecule has 0 fully saturated rings. The molecular weight excluding hydrogens is 226 g/mol. The van der Waals surface area contributed by atoms with Crippen LogP contribution >= 0.6 is 0 Å². The summed E-state index contributed by atoms with van der Waals surface area (Å²) < 4.78 is 5.51. The van der Waals surface area contributed by atoms with Crippen LogP contribution in [0.1, 0.15) is 35.9 Å². The van der Waals surface area contributed by atoms with Gasteiger partial charge in [0.05, 0.1) is 0 Å². The lowest BCUT2D eigenvalue weighted by Gasteiger charge is -2.05. The molecule has 2 rings (SSSR count). The molecule has 0 unspecified atom stereocenters. The summed E-state index contributed by atoms with van der Waals surface area (Å²) in [4.78, 5) is 11.4. The monoisotopic (exact) mass is 243 g/mol. The van der Waals surface area contributed by atoms with Crippen LogP contribution in [0, 0.1) is 0 Å². The van der Waals surface area contributed by atoms with Gasteiger partial charge in [-0.25, -0.2) is 0 Å². The first-order chi connectivity index (χ1) is 8.61. The fourth-order valence-electron chi connectivity index (χ4n) is 1.77. The van der Waals surface area contributed by atoms with Crippen molar-refractivity contribution in [3.63, 3.8) is 0 Å². The lowest BCUT2D eigenvalue weighted by molar-refractivity contribution is 0.0936. The van der Waals surface area contributed by atoms with Gasteiger partial charge in [-0.05, 0) is 23.6 Å². The van der Waals surface area contributed by atoms with Gasteiger partial charge in [0.25, 0.3) is 5.91 Å². The third-order valence-corrected chi connectivity index (χ3v) is 2.92. The molecule has 1 aromatic carbocycles. The highest BCUT2D eigenvalue weighted by atomic mass is 16.3. The van der Waals surface area contributed by atoms with Gasteiger partial charge in [0, 0.05) is 12.6 Å². The second-order valence-electron chi connectivity index (χ2n) is 4.52. The lowest BCUT2D eigenvalue weighted by atomic mass is 10.0. The number of nitrogens with one attached hydrogen (secondary N) is 1. The largest absolute Gasteiger partial charge is 0.451 e. The van der Waals surface area contributed by atoms with Crippen molar-refractivity contribution in [2.45, 2.75) is 19.8 Å². The van der Waals surface area contributed by atoms with Crippen molar-refractivity contribution in [1.82, 2.24) is 5.32 Å². The van der Waals surface area contributed by atoms with Crippen LogP contribution in [0.5, 0.6) is 0 Å². The van der Waals surface area contributed by atoms with Crippen molar-refractivity contribution in [3.8, 4) is 11.3 Å². The molecule has 0 radical (unpaired) electrons. The van der Waals surface area contributed by atoms with E-state index in [1.165, 1.54) is 5.56 Å². The van der Waals surface area contributed by atoms with E-state index in [2.05, 4.69) is 31.3 Å². The van der Waals surface area contributed by atoms with Crippen molar-refractivity contribution in [3.05, 3.63) is 47.7 Å². The molecule has 1 amide bonds. The number of hydrogen-bond acceptors (Lipinski definition) is 2. The lowest BCUT2D eigenvalue weighted by Crippen LogP contribution is -2.16. The Morgan fingerprint density at radius 1 is 1.11 bits per heavy atom. The van der Waals surface area contributed by atoms with E-state index >= 15 is 0 Å². The van der Waals surface area contributed by atoms with Crippen LogP contribution in [0.3, 0.4) is 0 Å². The second-order valence-corrected chi connectivity index (χ2v) is 4.52. The van der Waals surface area contributed by atoms with E-state index in [1.54, 1.807) is 13.1 Å². The summed E-state index contributed by atoms with van der Waals surface area (Å²) in [6, 6.07) is 11.7. The molecule has 0 bridgehead atoms. The quantitative estimate of drug-likeness (QED) is 0.897. The van der Waals surface area contributed by atoms with Gasteiger partial charge in [-0.3, -0.25) is 4.79 Å². The Balaban J connectivity index is 2.26. The van der Waals surface area contributed by atoms with E-state index in [4.69, 9.17) is 4.42 Å². The molecule has 2 aromatic rings. The third-order valence-electron chi connectivity index (χ3n) is 2.92. The Morgan fingerprint density at radius 2 is 1.78 bits per heavy atom. The number of carbonyl (C=O) groups is 1. The highest BCUT2D eigenvalue weighted by Crippen LogP contribution is 2.24. The Kier molecular flexibility index (Phi) is 3.51. The maximum absolute atomic E-state index is 11.4. The number of carbonyl (C=O) groups excluding carboxylic acids is 1. The van der Waals surface area contributed by atoms with Crippen molar-refractivity contribution in [1.29, 1.82) is 0 Å². The molecule has 0 atom stereocenters. The molecule has 1 aromatic heterocycles. The minimum Gasteiger partial charge on any atom is -0.451 e. The van der Waals surface area contributed by atoms with E-state index in [0.717, 1.165) is 5.56 Å². The molecule has 0 aliphatic heterocycles. The summed E-state index contributed by atoms with van der Waals surface area (Å²) in [5.74, 6) is 1.35. The topological polar surface area (TPSA) is 42.2 Å². The average molecular weight is 243 g/mol. The molecule has 0 saturated carbocycles. The molecule has 0 spiro atoms. The molecular formula is C15H17NO2. The van der Waals surface area contributed by atoms with Crippen LogP contribution in [0.25, 0.3) is 11.3 Å². The van der Waals surface area contributed by atoms with Crippen molar-refractivity contribution in [2.75, 3.05) is 7.05 Å². The minimum atomic E-state index is -0.208. The van der Waals surface area contributed by atoms with Crippen molar-refractivity contribution < 1.29 is 9.21 Å². The highest BCUT2D eigenvalue weighted by molar-refractivity contribution is 5.91. The van der Waals surface area contributed by atoms with Gasteiger partial charge in [-0.15, -0.1) is 0 Å². The molecule has 1 N–H and O–H groups in total. The number of rotatable bonds is 3. The summed E-state index contributed by atoms with van der Waals surface area (Å²) in [7, 11) is 1.59. The van der Waals surface area contributed by atoms with E-state index in [0.29, 0.717) is 17.4 Å². The van der Waals surface area contributed by atoms with Crippen LogP contribution < -0.4 is 5.32 Å². The highest BCUT2D eigenvalue weighted by Gasteiger charge is 2.10. The standard InChI is InChI=1S/C15H17NO2/c1-10(2)11-4-6-12(7-5-11)13-8-9-14(18-13)15(17)16-3/h4-10H,1-3H3,(H,16,17). The predicted octanol–water partition coefficient (Wildman–Crippen LogP) is 3.43. The first-order valence-electron chi connectivity index (χ1n) is 6.04. The molecule has 3 nitrogen and oxygen atoms in total. The Morgan fingerprint density at radius 3 is 2.33 bits per heavy atom. The van der Waals surface area contributed by atoms with Crippen molar-refractivity contribution >= 4 is 5.91 Å². The molecule has 3 heteroatoms. The summed E-state index contributed by atoms with van der Waals surface area (Å²) in [5, 5.41) is 2.54. The molecule has 0 aliphatic rings. The molecule has 0 saturated heterocycles. The van der Waals surface area contributed by atoms with Gasteiger partial charge < -0.3 is 9.73 Å². The smallest absolute Gasteiger partial charge is 0.286 e. The Labute approximate surface area is 107 Å². The summed E-state index contributed by atoms with van der Waals surface area (Å²) >= 11 is 0. The number of amides is 1. The van der Waals surface area contributed by atoms with E-state index in [1.807, 2.05) is 18.2 Å². The van der Waals surface area contributed by atoms with Gasteiger partial charge >= 0.3 is 0 Å². The number of hydrogen-bond donors (Lipinski definition) is 1. The maximum Gasteiger partial charge on any atom is 0.286 e. The van der Waals surface area contributed by atoms with E-state index < -0.39 is 0 Å². The van der Waals surface area contributed by atoms with Crippen LogP contribution in [0.4, 0.5) is 0 Å². The van der Waals surface area contributed by atoms with E-state index in [9.17, 15) is 4.79 Å². The fraction of sp³-hybridized carbons (Fsp3) is 0.267. The Hall–Kier alpha value is -2.03. The predicted molar refractivity (Wildman–Crippen MR) is 71.6 cm³/mol. The van der Waals surface area contributed by atoms with Gasteiger partial charge in [0.1, 0.15) is 5.76 Å². The fourth-order valence-corrected chi connectivity index (χ4v) is 1.77. The zero-order chi connectivity index (χ0) is 13.1. The van der Waals surface area contributed by atoms with Gasteiger partial charge in [-0.2, -0.15) is 0 Å². The molecule has 1 heterocycles. The third kappa shape index (κ3) is 2.45. The summed E-state index contributed by atoms with van der Waals surface area (Å²) in [6.07, 6.45) is 0. The second kappa shape index (κ2) is 5.08. The number of furan rings is 1. The first kappa shape index (κ1) is 12.4. The van der Waals surface area contributed by atoms with Crippen LogP contribution in [0.15, 0.2) is 40.8 Å². The maximum atomic E-state index is 11.4. The van der Waals surface area contributed by atoms with Gasteiger partial charge in [-0.1, -0.05) is 38.1 Å². The zero-order valence-corrected chi connectivity index (χ0v) is 10.9. The Bertz CT molecular complexity index is 538.